The number of aryl methyl sites for hydroxylation is 1. The van der Waals surface area contributed by atoms with E-state index in [1.54, 1.807) is 0 Å². The maximum Gasteiger partial charge on any atom is 0.223 e. The van der Waals surface area contributed by atoms with Crippen LogP contribution in [-0.2, 0) is 11.8 Å². The molecule has 100 valence electrons. The Kier molecular flexibility index (Phi) is 3.71. The van der Waals surface area contributed by atoms with Crippen molar-refractivity contribution in [2.45, 2.75) is 45.2 Å². The molecule has 2 rings (SSSR count). The van der Waals surface area contributed by atoms with E-state index < -0.39 is 0 Å². The molecule has 1 aliphatic rings. The number of nitrogens with zero attached hydrogens (tertiary/aromatic N) is 2. The quantitative estimate of drug-likeness (QED) is 0.841. The standard InChI is InChI=1S/C13H22N4O/c1-8(12-7-15-17(3)9(12)2)16-13(18)10-4-5-11(14)6-10/h7-8,10-11H,4-6,14H2,1-3H3,(H,16,18). The number of amides is 1. The van der Waals surface area contributed by atoms with Gasteiger partial charge in [-0.2, -0.15) is 5.10 Å². The summed E-state index contributed by atoms with van der Waals surface area (Å²) in [5, 5.41) is 7.26. The zero-order valence-electron chi connectivity index (χ0n) is 11.3. The second-order valence-electron chi connectivity index (χ2n) is 5.31. The lowest BCUT2D eigenvalue weighted by molar-refractivity contribution is -0.125. The Morgan fingerprint density at radius 3 is 2.83 bits per heavy atom. The molecule has 3 atom stereocenters. The van der Waals surface area contributed by atoms with Crippen LogP contribution >= 0.6 is 0 Å². The van der Waals surface area contributed by atoms with E-state index in [1.807, 2.05) is 31.8 Å². The first kappa shape index (κ1) is 13.1. The first-order valence-corrected chi connectivity index (χ1v) is 6.53. The van der Waals surface area contributed by atoms with E-state index in [-0.39, 0.29) is 23.9 Å². The first-order valence-electron chi connectivity index (χ1n) is 6.53. The van der Waals surface area contributed by atoms with Gasteiger partial charge in [-0.25, -0.2) is 0 Å². The second kappa shape index (κ2) is 5.10. The number of carbonyl (C=O) groups excluding carboxylic acids is 1. The largest absolute Gasteiger partial charge is 0.349 e. The summed E-state index contributed by atoms with van der Waals surface area (Å²) in [7, 11) is 1.91. The lowest BCUT2D eigenvalue weighted by Gasteiger charge is -2.17. The maximum atomic E-state index is 12.1. The summed E-state index contributed by atoms with van der Waals surface area (Å²) in [6.45, 7) is 4.01. The summed E-state index contributed by atoms with van der Waals surface area (Å²) in [4.78, 5) is 12.1. The van der Waals surface area contributed by atoms with Crippen molar-refractivity contribution in [2.75, 3.05) is 0 Å². The molecule has 0 aliphatic heterocycles. The van der Waals surface area contributed by atoms with Gasteiger partial charge in [-0.3, -0.25) is 9.48 Å². The van der Waals surface area contributed by atoms with Crippen LogP contribution in [0.3, 0.4) is 0 Å². The number of nitrogens with two attached hydrogens (primary N) is 1. The first-order chi connectivity index (χ1) is 8.49. The molecule has 1 aromatic rings. The molecule has 5 heteroatoms. The van der Waals surface area contributed by atoms with E-state index in [2.05, 4.69) is 10.4 Å². The summed E-state index contributed by atoms with van der Waals surface area (Å²) in [5.41, 5.74) is 8.00. The fraction of sp³-hybridized carbons (Fsp3) is 0.692. The number of hydrogen-bond donors (Lipinski definition) is 2. The zero-order chi connectivity index (χ0) is 13.3. The van der Waals surface area contributed by atoms with Crippen molar-refractivity contribution in [3.8, 4) is 0 Å². The normalized spacial score (nSPS) is 25.1. The topological polar surface area (TPSA) is 72.9 Å². The van der Waals surface area contributed by atoms with Crippen LogP contribution in [0.25, 0.3) is 0 Å². The number of hydrogen-bond acceptors (Lipinski definition) is 3. The third-order valence-corrected chi connectivity index (χ3v) is 3.94. The van der Waals surface area contributed by atoms with Gasteiger partial charge in [0.1, 0.15) is 0 Å². The molecular weight excluding hydrogens is 228 g/mol. The molecular formula is C13H22N4O. The Hall–Kier alpha value is -1.36. The highest BCUT2D eigenvalue weighted by atomic mass is 16.1. The third kappa shape index (κ3) is 2.56. The SMILES string of the molecule is Cc1c(C(C)NC(=O)C2CCC(N)C2)cnn1C. The van der Waals surface area contributed by atoms with Crippen LogP contribution in [-0.4, -0.2) is 21.7 Å². The molecule has 1 fully saturated rings. The smallest absolute Gasteiger partial charge is 0.223 e. The van der Waals surface area contributed by atoms with Crippen molar-refractivity contribution < 1.29 is 4.79 Å². The lowest BCUT2D eigenvalue weighted by atomic mass is 10.0. The van der Waals surface area contributed by atoms with Gasteiger partial charge < -0.3 is 11.1 Å². The highest BCUT2D eigenvalue weighted by Crippen LogP contribution is 2.25. The molecule has 3 unspecified atom stereocenters. The molecule has 0 saturated heterocycles. The van der Waals surface area contributed by atoms with E-state index in [0.717, 1.165) is 30.5 Å². The highest BCUT2D eigenvalue weighted by Gasteiger charge is 2.28. The summed E-state index contributed by atoms with van der Waals surface area (Å²) < 4.78 is 1.82. The minimum atomic E-state index is 0.00280. The van der Waals surface area contributed by atoms with E-state index in [9.17, 15) is 4.79 Å². The average molecular weight is 250 g/mol. The van der Waals surface area contributed by atoms with E-state index in [4.69, 9.17) is 5.73 Å². The van der Waals surface area contributed by atoms with Crippen LogP contribution in [0.1, 0.15) is 43.5 Å². The molecule has 1 aromatic heterocycles. The van der Waals surface area contributed by atoms with Crippen molar-refractivity contribution in [2.24, 2.45) is 18.7 Å². The van der Waals surface area contributed by atoms with Gasteiger partial charge in [0.05, 0.1) is 12.2 Å². The molecule has 0 radical (unpaired) electrons. The van der Waals surface area contributed by atoms with Gasteiger partial charge in [0.25, 0.3) is 0 Å². The molecule has 18 heavy (non-hydrogen) atoms. The predicted octanol–water partition coefficient (Wildman–Crippen LogP) is 1.03. The van der Waals surface area contributed by atoms with Gasteiger partial charge in [0, 0.05) is 30.3 Å². The summed E-state index contributed by atoms with van der Waals surface area (Å²) in [6.07, 6.45) is 4.50. The van der Waals surface area contributed by atoms with Gasteiger partial charge in [0.2, 0.25) is 5.91 Å². The fourth-order valence-corrected chi connectivity index (χ4v) is 2.60. The van der Waals surface area contributed by atoms with Crippen LogP contribution in [0.2, 0.25) is 0 Å². The Labute approximate surface area is 108 Å². The summed E-state index contributed by atoms with van der Waals surface area (Å²) >= 11 is 0. The Bertz CT molecular complexity index is 440. The number of carbonyl (C=O) groups is 1. The van der Waals surface area contributed by atoms with Crippen molar-refractivity contribution in [1.29, 1.82) is 0 Å². The molecule has 0 spiro atoms. The van der Waals surface area contributed by atoms with Crippen LogP contribution in [0.4, 0.5) is 0 Å². The Balaban J connectivity index is 1.97. The van der Waals surface area contributed by atoms with Gasteiger partial charge >= 0.3 is 0 Å². The maximum absolute atomic E-state index is 12.1. The van der Waals surface area contributed by atoms with Crippen molar-refractivity contribution in [3.63, 3.8) is 0 Å². The number of rotatable bonds is 3. The zero-order valence-corrected chi connectivity index (χ0v) is 11.3. The Morgan fingerprint density at radius 2 is 2.33 bits per heavy atom. The fourth-order valence-electron chi connectivity index (χ4n) is 2.60. The second-order valence-corrected chi connectivity index (χ2v) is 5.31. The van der Waals surface area contributed by atoms with Gasteiger partial charge in [-0.1, -0.05) is 0 Å². The van der Waals surface area contributed by atoms with Crippen molar-refractivity contribution in [3.05, 3.63) is 17.5 Å². The van der Waals surface area contributed by atoms with Gasteiger partial charge in [-0.15, -0.1) is 0 Å². The van der Waals surface area contributed by atoms with E-state index in [1.165, 1.54) is 0 Å². The predicted molar refractivity (Wildman–Crippen MR) is 69.8 cm³/mol. The number of nitrogens with one attached hydrogen (secondary N) is 1. The van der Waals surface area contributed by atoms with Crippen LogP contribution in [0, 0.1) is 12.8 Å². The molecule has 0 bridgehead atoms. The minimum Gasteiger partial charge on any atom is -0.349 e. The molecule has 5 nitrogen and oxygen atoms in total. The summed E-state index contributed by atoms with van der Waals surface area (Å²) in [6, 6.07) is 0.194. The molecule has 1 amide bonds. The average Bonchev–Trinajstić information content (AvgIpc) is 2.87. The molecule has 1 saturated carbocycles. The molecule has 1 heterocycles. The van der Waals surface area contributed by atoms with E-state index >= 15 is 0 Å². The third-order valence-electron chi connectivity index (χ3n) is 3.94. The molecule has 3 N–H and O–H groups in total. The van der Waals surface area contributed by atoms with E-state index in [0.29, 0.717) is 0 Å². The lowest BCUT2D eigenvalue weighted by Crippen LogP contribution is -2.32. The van der Waals surface area contributed by atoms with Crippen LogP contribution in [0.5, 0.6) is 0 Å². The summed E-state index contributed by atoms with van der Waals surface area (Å²) in [5.74, 6) is 0.207. The van der Waals surface area contributed by atoms with Crippen LogP contribution < -0.4 is 11.1 Å². The van der Waals surface area contributed by atoms with Crippen molar-refractivity contribution >= 4 is 5.91 Å². The monoisotopic (exact) mass is 250 g/mol. The Morgan fingerprint density at radius 1 is 1.61 bits per heavy atom. The van der Waals surface area contributed by atoms with Gasteiger partial charge in [-0.05, 0) is 33.1 Å². The van der Waals surface area contributed by atoms with Crippen molar-refractivity contribution in [1.82, 2.24) is 15.1 Å². The van der Waals surface area contributed by atoms with Gasteiger partial charge in [0.15, 0.2) is 0 Å². The highest BCUT2D eigenvalue weighted by molar-refractivity contribution is 5.79. The van der Waals surface area contributed by atoms with Crippen LogP contribution in [0.15, 0.2) is 6.20 Å². The molecule has 1 aliphatic carbocycles. The minimum absolute atomic E-state index is 0.00280. The number of aromatic nitrogens is 2. The molecule has 0 aromatic carbocycles.